The SMILES string of the molecule is COCCC(C)(C)CNC1CCCOC1. The molecular formula is C12H25NO2. The molecule has 0 aromatic rings. The van der Waals surface area contributed by atoms with Crippen LogP contribution in [0.4, 0.5) is 0 Å². The first-order valence-corrected chi connectivity index (χ1v) is 5.94. The van der Waals surface area contributed by atoms with Crippen molar-refractivity contribution in [3.05, 3.63) is 0 Å². The Bertz CT molecular complexity index is 165. The topological polar surface area (TPSA) is 30.5 Å². The van der Waals surface area contributed by atoms with Crippen LogP contribution in [0, 0.1) is 5.41 Å². The number of ether oxygens (including phenoxy) is 2. The van der Waals surface area contributed by atoms with Crippen molar-refractivity contribution in [3.63, 3.8) is 0 Å². The van der Waals surface area contributed by atoms with Crippen LogP contribution >= 0.6 is 0 Å². The molecule has 1 aliphatic rings. The molecule has 0 aliphatic carbocycles. The number of hydrogen-bond acceptors (Lipinski definition) is 3. The molecule has 0 amide bonds. The summed E-state index contributed by atoms with van der Waals surface area (Å²) in [7, 11) is 1.76. The van der Waals surface area contributed by atoms with Crippen LogP contribution in [0.3, 0.4) is 0 Å². The Morgan fingerprint density at radius 2 is 2.27 bits per heavy atom. The lowest BCUT2D eigenvalue weighted by molar-refractivity contribution is 0.0647. The summed E-state index contributed by atoms with van der Waals surface area (Å²) < 4.78 is 10.6. The van der Waals surface area contributed by atoms with Gasteiger partial charge in [-0.25, -0.2) is 0 Å². The standard InChI is InChI=1S/C12H25NO2/c1-12(2,6-8-14-3)10-13-11-5-4-7-15-9-11/h11,13H,4-10H2,1-3H3. The first kappa shape index (κ1) is 12.9. The molecule has 0 aromatic carbocycles. The predicted octanol–water partition coefficient (Wildman–Crippen LogP) is 1.82. The van der Waals surface area contributed by atoms with Gasteiger partial charge in [0.15, 0.2) is 0 Å². The molecule has 1 N–H and O–H groups in total. The van der Waals surface area contributed by atoms with Gasteiger partial charge in [0, 0.05) is 32.9 Å². The van der Waals surface area contributed by atoms with Gasteiger partial charge in [0.25, 0.3) is 0 Å². The Morgan fingerprint density at radius 3 is 2.87 bits per heavy atom. The fourth-order valence-electron chi connectivity index (χ4n) is 1.79. The third kappa shape index (κ3) is 5.50. The number of hydrogen-bond donors (Lipinski definition) is 1. The van der Waals surface area contributed by atoms with E-state index >= 15 is 0 Å². The van der Waals surface area contributed by atoms with Gasteiger partial charge < -0.3 is 14.8 Å². The van der Waals surface area contributed by atoms with E-state index in [4.69, 9.17) is 9.47 Å². The zero-order valence-electron chi connectivity index (χ0n) is 10.3. The predicted molar refractivity (Wildman–Crippen MR) is 62.1 cm³/mol. The Morgan fingerprint density at radius 1 is 1.47 bits per heavy atom. The molecule has 1 saturated heterocycles. The van der Waals surface area contributed by atoms with E-state index in [1.807, 2.05) is 0 Å². The molecule has 1 aliphatic heterocycles. The molecule has 90 valence electrons. The summed E-state index contributed by atoms with van der Waals surface area (Å²) in [5.41, 5.74) is 0.313. The minimum Gasteiger partial charge on any atom is -0.385 e. The molecule has 1 heterocycles. The quantitative estimate of drug-likeness (QED) is 0.733. The van der Waals surface area contributed by atoms with E-state index < -0.39 is 0 Å². The molecule has 0 bridgehead atoms. The van der Waals surface area contributed by atoms with E-state index in [0.717, 1.165) is 32.8 Å². The molecule has 0 aromatic heterocycles. The first-order valence-electron chi connectivity index (χ1n) is 5.94. The summed E-state index contributed by atoms with van der Waals surface area (Å²) in [6, 6.07) is 0.556. The number of rotatable bonds is 6. The Labute approximate surface area is 93.5 Å². The molecule has 1 atom stereocenters. The van der Waals surface area contributed by atoms with Crippen LogP contribution in [0.1, 0.15) is 33.1 Å². The second-order valence-electron chi connectivity index (χ2n) is 5.20. The van der Waals surface area contributed by atoms with Crippen LogP contribution in [0.15, 0.2) is 0 Å². The largest absolute Gasteiger partial charge is 0.385 e. The minimum absolute atomic E-state index is 0.313. The van der Waals surface area contributed by atoms with Crippen molar-refractivity contribution in [2.45, 2.75) is 39.2 Å². The average molecular weight is 215 g/mol. The van der Waals surface area contributed by atoms with E-state index in [2.05, 4.69) is 19.2 Å². The third-order valence-corrected chi connectivity index (χ3v) is 3.01. The maximum atomic E-state index is 5.44. The fraction of sp³-hybridized carbons (Fsp3) is 1.00. The van der Waals surface area contributed by atoms with Crippen molar-refractivity contribution in [1.82, 2.24) is 5.32 Å². The summed E-state index contributed by atoms with van der Waals surface area (Å²) in [5.74, 6) is 0. The van der Waals surface area contributed by atoms with Crippen LogP contribution in [-0.4, -0.2) is 39.5 Å². The van der Waals surface area contributed by atoms with Crippen molar-refractivity contribution in [3.8, 4) is 0 Å². The zero-order chi connectivity index (χ0) is 11.1. The minimum atomic E-state index is 0.313. The van der Waals surface area contributed by atoms with Crippen molar-refractivity contribution in [1.29, 1.82) is 0 Å². The van der Waals surface area contributed by atoms with E-state index in [1.54, 1.807) is 7.11 Å². The summed E-state index contributed by atoms with van der Waals surface area (Å²) >= 11 is 0. The highest BCUT2D eigenvalue weighted by molar-refractivity contribution is 4.76. The van der Waals surface area contributed by atoms with Gasteiger partial charge in [0.05, 0.1) is 6.61 Å². The molecule has 1 rings (SSSR count). The van der Waals surface area contributed by atoms with Crippen molar-refractivity contribution in [2.24, 2.45) is 5.41 Å². The van der Waals surface area contributed by atoms with Crippen LogP contribution in [0.2, 0.25) is 0 Å². The normalized spacial score (nSPS) is 23.0. The first-order chi connectivity index (χ1) is 7.14. The molecule has 3 heteroatoms. The van der Waals surface area contributed by atoms with Gasteiger partial charge >= 0.3 is 0 Å². The van der Waals surface area contributed by atoms with Crippen LogP contribution in [0.25, 0.3) is 0 Å². The van der Waals surface area contributed by atoms with Crippen molar-refractivity contribution >= 4 is 0 Å². The lowest BCUT2D eigenvalue weighted by Gasteiger charge is -2.30. The lowest BCUT2D eigenvalue weighted by Crippen LogP contribution is -2.42. The van der Waals surface area contributed by atoms with Gasteiger partial charge in [0.2, 0.25) is 0 Å². The molecule has 0 saturated carbocycles. The Balaban J connectivity index is 2.15. The fourth-order valence-corrected chi connectivity index (χ4v) is 1.79. The summed E-state index contributed by atoms with van der Waals surface area (Å²) in [6.45, 7) is 8.26. The van der Waals surface area contributed by atoms with Gasteiger partial charge in [0.1, 0.15) is 0 Å². The monoisotopic (exact) mass is 215 g/mol. The molecule has 0 radical (unpaired) electrons. The molecule has 0 spiro atoms. The summed E-state index contributed by atoms with van der Waals surface area (Å²) in [4.78, 5) is 0. The van der Waals surface area contributed by atoms with Gasteiger partial charge in [-0.1, -0.05) is 13.8 Å². The second-order valence-corrected chi connectivity index (χ2v) is 5.20. The maximum absolute atomic E-state index is 5.44. The molecule has 3 nitrogen and oxygen atoms in total. The van der Waals surface area contributed by atoms with Crippen LogP contribution in [-0.2, 0) is 9.47 Å². The number of nitrogens with one attached hydrogen (secondary N) is 1. The van der Waals surface area contributed by atoms with Crippen molar-refractivity contribution in [2.75, 3.05) is 33.5 Å². The van der Waals surface area contributed by atoms with Crippen LogP contribution in [0.5, 0.6) is 0 Å². The highest BCUT2D eigenvalue weighted by Gasteiger charge is 2.20. The second kappa shape index (κ2) is 6.46. The van der Waals surface area contributed by atoms with Gasteiger partial charge in [-0.2, -0.15) is 0 Å². The van der Waals surface area contributed by atoms with Crippen molar-refractivity contribution < 1.29 is 9.47 Å². The van der Waals surface area contributed by atoms with Gasteiger partial charge in [-0.3, -0.25) is 0 Å². The van der Waals surface area contributed by atoms with Crippen LogP contribution < -0.4 is 5.32 Å². The summed E-state index contributed by atoms with van der Waals surface area (Å²) in [5, 5.41) is 3.59. The highest BCUT2D eigenvalue weighted by Crippen LogP contribution is 2.19. The summed E-state index contributed by atoms with van der Waals surface area (Å²) in [6.07, 6.45) is 3.54. The lowest BCUT2D eigenvalue weighted by atomic mass is 9.89. The highest BCUT2D eigenvalue weighted by atomic mass is 16.5. The average Bonchev–Trinajstić information content (AvgIpc) is 2.25. The smallest absolute Gasteiger partial charge is 0.0619 e. The van der Waals surface area contributed by atoms with E-state index in [1.165, 1.54) is 12.8 Å². The Hall–Kier alpha value is -0.120. The third-order valence-electron chi connectivity index (χ3n) is 3.01. The molecule has 1 fully saturated rings. The maximum Gasteiger partial charge on any atom is 0.0619 e. The molecule has 15 heavy (non-hydrogen) atoms. The van der Waals surface area contributed by atoms with E-state index in [0.29, 0.717) is 11.5 Å². The van der Waals surface area contributed by atoms with E-state index in [-0.39, 0.29) is 0 Å². The Kier molecular flexibility index (Phi) is 5.58. The number of methoxy groups -OCH3 is 1. The molecular weight excluding hydrogens is 190 g/mol. The van der Waals surface area contributed by atoms with Gasteiger partial charge in [-0.15, -0.1) is 0 Å². The van der Waals surface area contributed by atoms with E-state index in [9.17, 15) is 0 Å². The zero-order valence-corrected chi connectivity index (χ0v) is 10.3. The van der Waals surface area contributed by atoms with Gasteiger partial charge in [-0.05, 0) is 24.7 Å². The molecule has 1 unspecified atom stereocenters.